The van der Waals surface area contributed by atoms with Crippen molar-refractivity contribution >= 4 is 17.2 Å². The topological polar surface area (TPSA) is 71.3 Å². The van der Waals surface area contributed by atoms with Crippen LogP contribution in [0.5, 0.6) is 0 Å². The van der Waals surface area contributed by atoms with Gasteiger partial charge >= 0.3 is 4.87 Å². The second-order valence-corrected chi connectivity index (χ2v) is 6.72. The zero-order valence-electron chi connectivity index (χ0n) is 12.0. The van der Waals surface area contributed by atoms with Crippen LogP contribution >= 0.6 is 11.3 Å². The molecule has 0 aliphatic heterocycles. The molecule has 1 aromatic heterocycles. The van der Waals surface area contributed by atoms with Crippen molar-refractivity contribution in [3.05, 3.63) is 20.7 Å². The molecule has 5 nitrogen and oxygen atoms in total. The van der Waals surface area contributed by atoms with Crippen LogP contribution in [0.4, 0.5) is 0 Å². The largest absolute Gasteiger partial charge is 0.394 e. The molecule has 112 valence electrons. The fourth-order valence-corrected chi connectivity index (χ4v) is 3.45. The normalized spacial score (nSPS) is 26.4. The number of aryl methyl sites for hydroxylation is 1. The quantitative estimate of drug-likeness (QED) is 0.879. The summed E-state index contributed by atoms with van der Waals surface area (Å²) in [5, 5.41) is 14.3. The predicted octanol–water partition coefficient (Wildman–Crippen LogP) is 1.28. The van der Waals surface area contributed by atoms with E-state index in [1.807, 2.05) is 6.92 Å². The fraction of sp³-hybridized carbons (Fsp3) is 0.714. The minimum Gasteiger partial charge on any atom is -0.394 e. The van der Waals surface area contributed by atoms with Gasteiger partial charge in [-0.1, -0.05) is 18.3 Å². The number of aliphatic hydroxyl groups excluding tert-OH is 1. The Balaban J connectivity index is 2.01. The molecular weight excluding hydrogens is 276 g/mol. The van der Waals surface area contributed by atoms with Crippen LogP contribution in [0.1, 0.15) is 38.3 Å². The predicted molar refractivity (Wildman–Crippen MR) is 78.9 cm³/mol. The summed E-state index contributed by atoms with van der Waals surface area (Å²) in [6.45, 7) is 4.00. The molecule has 1 saturated carbocycles. The Hall–Kier alpha value is -1.14. The Bertz CT molecular complexity index is 527. The van der Waals surface area contributed by atoms with Gasteiger partial charge in [0.05, 0.1) is 12.1 Å². The number of carbonyl (C=O) groups excluding carboxylic acids is 1. The number of thiazole rings is 1. The van der Waals surface area contributed by atoms with Crippen LogP contribution in [-0.2, 0) is 11.3 Å². The van der Waals surface area contributed by atoms with Gasteiger partial charge in [-0.25, -0.2) is 0 Å². The molecule has 0 bridgehead atoms. The Labute approximate surface area is 122 Å². The number of hydrogen-bond donors (Lipinski definition) is 2. The lowest BCUT2D eigenvalue weighted by molar-refractivity contribution is -0.125. The molecular formula is C14H22N2O3S. The van der Waals surface area contributed by atoms with Crippen LogP contribution in [0.15, 0.2) is 10.2 Å². The van der Waals surface area contributed by atoms with Gasteiger partial charge in [-0.05, 0) is 38.5 Å². The third-order valence-corrected chi connectivity index (χ3v) is 5.10. The molecule has 1 fully saturated rings. The monoisotopic (exact) mass is 298 g/mol. The number of carbonyl (C=O) groups is 1. The lowest BCUT2D eigenvalue weighted by atomic mass is 9.77. The van der Waals surface area contributed by atoms with Gasteiger partial charge in [-0.3, -0.25) is 14.2 Å². The average Bonchev–Trinajstić information content (AvgIpc) is 2.73. The summed E-state index contributed by atoms with van der Waals surface area (Å²) < 4.78 is 1.47. The Morgan fingerprint density at radius 2 is 2.20 bits per heavy atom. The first-order chi connectivity index (χ1) is 9.46. The number of rotatable bonds is 4. The van der Waals surface area contributed by atoms with Gasteiger partial charge in [0, 0.05) is 11.1 Å². The first-order valence-electron chi connectivity index (χ1n) is 7.02. The molecule has 2 N–H and O–H groups in total. The van der Waals surface area contributed by atoms with Crippen molar-refractivity contribution in [1.82, 2.24) is 9.88 Å². The number of hydrogen-bond acceptors (Lipinski definition) is 4. The summed E-state index contributed by atoms with van der Waals surface area (Å²) >= 11 is 1.10. The van der Waals surface area contributed by atoms with Gasteiger partial charge in [0.15, 0.2) is 0 Å². The van der Waals surface area contributed by atoms with Crippen LogP contribution in [0, 0.1) is 12.8 Å². The molecule has 0 aromatic carbocycles. The number of aliphatic hydroxyl groups is 1. The maximum Gasteiger partial charge on any atom is 0.307 e. The summed E-state index contributed by atoms with van der Waals surface area (Å²) in [4.78, 5) is 23.6. The highest BCUT2D eigenvalue weighted by Gasteiger charge is 2.35. The van der Waals surface area contributed by atoms with Gasteiger partial charge in [0.2, 0.25) is 5.91 Å². The SMILES string of the molecule is Cc1csc(=O)n1CC(=O)NC1(CO)CCC(C)CC1. The number of nitrogens with one attached hydrogen (secondary N) is 1. The highest BCUT2D eigenvalue weighted by Crippen LogP contribution is 2.31. The average molecular weight is 298 g/mol. The van der Waals surface area contributed by atoms with Crippen molar-refractivity contribution < 1.29 is 9.90 Å². The van der Waals surface area contributed by atoms with E-state index in [1.54, 1.807) is 5.38 Å². The smallest absolute Gasteiger partial charge is 0.307 e. The zero-order valence-corrected chi connectivity index (χ0v) is 12.8. The lowest BCUT2D eigenvalue weighted by Crippen LogP contribution is -2.54. The van der Waals surface area contributed by atoms with Crippen molar-refractivity contribution in [2.45, 2.75) is 51.6 Å². The summed E-state index contributed by atoms with van der Waals surface area (Å²) in [5.74, 6) is 0.450. The van der Waals surface area contributed by atoms with Crippen molar-refractivity contribution in [2.75, 3.05) is 6.61 Å². The lowest BCUT2D eigenvalue weighted by Gasteiger charge is -2.38. The van der Waals surface area contributed by atoms with Gasteiger partial charge in [-0.2, -0.15) is 0 Å². The van der Waals surface area contributed by atoms with E-state index in [0.717, 1.165) is 42.7 Å². The molecule has 1 aromatic rings. The third kappa shape index (κ3) is 3.30. The van der Waals surface area contributed by atoms with Crippen LogP contribution in [-0.4, -0.2) is 27.7 Å². The molecule has 1 amide bonds. The molecule has 1 heterocycles. The van der Waals surface area contributed by atoms with Crippen molar-refractivity contribution in [1.29, 1.82) is 0 Å². The first-order valence-corrected chi connectivity index (χ1v) is 7.90. The van der Waals surface area contributed by atoms with E-state index in [4.69, 9.17) is 0 Å². The number of nitrogens with zero attached hydrogens (tertiary/aromatic N) is 1. The van der Waals surface area contributed by atoms with Gasteiger partial charge in [0.25, 0.3) is 0 Å². The minimum atomic E-state index is -0.503. The van der Waals surface area contributed by atoms with Gasteiger partial charge in [-0.15, -0.1) is 0 Å². The summed E-state index contributed by atoms with van der Waals surface area (Å²) in [7, 11) is 0. The van der Waals surface area contributed by atoms with E-state index in [-0.39, 0.29) is 23.9 Å². The molecule has 0 radical (unpaired) electrons. The Morgan fingerprint density at radius 3 is 2.70 bits per heavy atom. The molecule has 1 aliphatic rings. The summed E-state index contributed by atoms with van der Waals surface area (Å²) in [5.41, 5.74) is 0.294. The third-order valence-electron chi connectivity index (χ3n) is 4.22. The minimum absolute atomic E-state index is 0.0332. The highest BCUT2D eigenvalue weighted by molar-refractivity contribution is 7.07. The van der Waals surface area contributed by atoms with E-state index in [9.17, 15) is 14.7 Å². The molecule has 20 heavy (non-hydrogen) atoms. The number of aromatic nitrogens is 1. The van der Waals surface area contributed by atoms with Gasteiger partial charge < -0.3 is 10.4 Å². The fourth-order valence-electron chi connectivity index (χ4n) is 2.71. The molecule has 6 heteroatoms. The van der Waals surface area contributed by atoms with E-state index >= 15 is 0 Å². The first kappa shape index (κ1) is 15.3. The molecule has 0 atom stereocenters. The maximum absolute atomic E-state index is 12.2. The van der Waals surface area contributed by atoms with Gasteiger partial charge in [0.1, 0.15) is 6.54 Å². The van der Waals surface area contributed by atoms with E-state index in [0.29, 0.717) is 5.92 Å². The second-order valence-electron chi connectivity index (χ2n) is 5.90. The molecule has 2 rings (SSSR count). The Kier molecular flexibility index (Phi) is 4.65. The van der Waals surface area contributed by atoms with E-state index in [1.165, 1.54) is 4.57 Å². The molecule has 0 spiro atoms. The summed E-state index contributed by atoms with van der Waals surface area (Å²) in [6, 6.07) is 0. The Morgan fingerprint density at radius 1 is 1.55 bits per heavy atom. The van der Waals surface area contributed by atoms with Crippen LogP contribution in [0.25, 0.3) is 0 Å². The maximum atomic E-state index is 12.2. The van der Waals surface area contributed by atoms with E-state index < -0.39 is 5.54 Å². The van der Waals surface area contributed by atoms with Crippen molar-refractivity contribution in [2.24, 2.45) is 5.92 Å². The van der Waals surface area contributed by atoms with Crippen LogP contribution in [0.3, 0.4) is 0 Å². The zero-order chi connectivity index (χ0) is 14.8. The standard InChI is InChI=1S/C14H22N2O3S/c1-10-3-5-14(9-17,6-4-10)15-12(18)7-16-11(2)8-20-13(16)19/h8,10,17H,3-7,9H2,1-2H3,(H,15,18). The molecule has 0 saturated heterocycles. The summed E-state index contributed by atoms with van der Waals surface area (Å²) in [6.07, 6.45) is 3.62. The second kappa shape index (κ2) is 6.10. The van der Waals surface area contributed by atoms with Crippen LogP contribution in [0.2, 0.25) is 0 Å². The molecule has 0 unspecified atom stereocenters. The van der Waals surface area contributed by atoms with E-state index in [2.05, 4.69) is 12.2 Å². The molecule has 1 aliphatic carbocycles. The van der Waals surface area contributed by atoms with Crippen molar-refractivity contribution in [3.8, 4) is 0 Å². The highest BCUT2D eigenvalue weighted by atomic mass is 32.1. The van der Waals surface area contributed by atoms with Crippen LogP contribution < -0.4 is 10.2 Å². The number of amides is 1. The van der Waals surface area contributed by atoms with Crippen molar-refractivity contribution in [3.63, 3.8) is 0 Å².